The van der Waals surface area contributed by atoms with Gasteiger partial charge in [0.2, 0.25) is 0 Å². The number of oxime groups is 1. The maximum atomic E-state index is 12.9. The predicted molar refractivity (Wildman–Crippen MR) is 128 cm³/mol. The van der Waals surface area contributed by atoms with Crippen molar-refractivity contribution >= 4 is 11.6 Å². The molecular formula is C27H25N3O3. The molecule has 0 saturated heterocycles. The summed E-state index contributed by atoms with van der Waals surface area (Å²) in [6, 6.07) is 26.9. The van der Waals surface area contributed by atoms with Gasteiger partial charge in [-0.25, -0.2) is 0 Å². The molecule has 6 heteroatoms. The molecule has 0 radical (unpaired) electrons. The van der Waals surface area contributed by atoms with Crippen molar-refractivity contribution in [2.75, 3.05) is 6.54 Å². The van der Waals surface area contributed by atoms with E-state index in [1.807, 2.05) is 71.6 Å². The van der Waals surface area contributed by atoms with E-state index in [1.165, 1.54) is 0 Å². The summed E-state index contributed by atoms with van der Waals surface area (Å²) in [6.07, 6.45) is 5.39. The third-order valence-corrected chi connectivity index (χ3v) is 5.15. The van der Waals surface area contributed by atoms with E-state index >= 15 is 0 Å². The lowest BCUT2D eigenvalue weighted by atomic mass is 10.2. The number of ether oxygens (including phenoxy) is 1. The quantitative estimate of drug-likeness (QED) is 0.412. The van der Waals surface area contributed by atoms with Crippen LogP contribution in [0.1, 0.15) is 21.5 Å². The van der Waals surface area contributed by atoms with Crippen molar-refractivity contribution in [3.8, 4) is 5.75 Å². The van der Waals surface area contributed by atoms with Crippen LogP contribution in [-0.4, -0.2) is 28.3 Å². The van der Waals surface area contributed by atoms with Gasteiger partial charge in [0.25, 0.3) is 5.91 Å². The lowest BCUT2D eigenvalue weighted by molar-refractivity contribution is 0.0967. The van der Waals surface area contributed by atoms with E-state index in [9.17, 15) is 10.0 Å². The van der Waals surface area contributed by atoms with E-state index in [2.05, 4.69) is 10.5 Å². The summed E-state index contributed by atoms with van der Waals surface area (Å²) in [4.78, 5) is 14.9. The third-order valence-electron chi connectivity index (χ3n) is 5.15. The lowest BCUT2D eigenvalue weighted by Crippen LogP contribution is -2.28. The van der Waals surface area contributed by atoms with Crippen molar-refractivity contribution in [2.24, 2.45) is 5.16 Å². The summed E-state index contributed by atoms with van der Waals surface area (Å²) in [6.45, 7) is 1.75. The van der Waals surface area contributed by atoms with Crippen LogP contribution >= 0.6 is 0 Å². The van der Waals surface area contributed by atoms with Gasteiger partial charge in [-0.05, 0) is 41.5 Å². The maximum Gasteiger partial charge on any atom is 0.255 e. The number of benzene rings is 3. The fourth-order valence-electron chi connectivity index (χ4n) is 3.44. The monoisotopic (exact) mass is 439 g/mol. The number of allylic oxidation sites excluding steroid dienone is 1. The standard InChI is InChI=1S/C27H25N3O3/c31-27(23-13-15-24(16-14-23)33-20-22-10-5-2-6-11-22)28-26-19-30(17-7-12-25(26)29-32)18-21-8-3-1-4-9-21/h1-16,19,32H,17-18,20H2,(H,28,31). The summed E-state index contributed by atoms with van der Waals surface area (Å²) in [5.41, 5.74) is 3.41. The second kappa shape index (κ2) is 10.8. The van der Waals surface area contributed by atoms with Gasteiger partial charge in [0, 0.05) is 24.9 Å². The molecular weight excluding hydrogens is 414 g/mol. The first-order valence-electron chi connectivity index (χ1n) is 10.7. The number of hydrogen-bond acceptors (Lipinski definition) is 5. The Morgan fingerprint density at radius 3 is 2.27 bits per heavy atom. The molecule has 0 spiro atoms. The van der Waals surface area contributed by atoms with Gasteiger partial charge in [0.15, 0.2) is 0 Å². The number of rotatable bonds is 7. The van der Waals surface area contributed by atoms with Gasteiger partial charge in [-0.2, -0.15) is 0 Å². The second-order valence-corrected chi connectivity index (χ2v) is 7.60. The largest absolute Gasteiger partial charge is 0.489 e. The summed E-state index contributed by atoms with van der Waals surface area (Å²) < 4.78 is 5.79. The molecule has 0 aromatic heterocycles. The van der Waals surface area contributed by atoms with Crippen molar-refractivity contribution < 1.29 is 14.7 Å². The minimum atomic E-state index is -0.299. The molecule has 3 aromatic rings. The average molecular weight is 440 g/mol. The Kier molecular flexibility index (Phi) is 7.18. The molecule has 0 atom stereocenters. The minimum Gasteiger partial charge on any atom is -0.489 e. The molecule has 3 aromatic carbocycles. The van der Waals surface area contributed by atoms with Gasteiger partial charge in [-0.15, -0.1) is 0 Å². The second-order valence-electron chi connectivity index (χ2n) is 7.60. The third kappa shape index (κ3) is 6.11. The molecule has 0 aliphatic carbocycles. The number of carbonyl (C=O) groups excluding carboxylic acids is 1. The van der Waals surface area contributed by atoms with Crippen molar-refractivity contribution in [3.63, 3.8) is 0 Å². The normalized spacial score (nSPS) is 14.5. The Morgan fingerprint density at radius 1 is 0.939 bits per heavy atom. The van der Waals surface area contributed by atoms with Gasteiger partial charge in [0.05, 0.1) is 5.70 Å². The zero-order chi connectivity index (χ0) is 22.9. The van der Waals surface area contributed by atoms with Gasteiger partial charge >= 0.3 is 0 Å². The topological polar surface area (TPSA) is 74.2 Å². The van der Waals surface area contributed by atoms with Crippen LogP contribution in [0.15, 0.2) is 114 Å². The van der Waals surface area contributed by atoms with Crippen molar-refractivity contribution in [2.45, 2.75) is 13.2 Å². The zero-order valence-corrected chi connectivity index (χ0v) is 18.1. The van der Waals surface area contributed by atoms with Crippen LogP contribution in [0.3, 0.4) is 0 Å². The molecule has 1 heterocycles. The SMILES string of the molecule is O=C(NC1=CN(Cc2ccccc2)CC=CC1=NO)c1ccc(OCc2ccccc2)cc1. The Hall–Kier alpha value is -4.32. The average Bonchev–Trinajstić information content (AvgIpc) is 3.05. The molecule has 33 heavy (non-hydrogen) atoms. The summed E-state index contributed by atoms with van der Waals surface area (Å²) >= 11 is 0. The first-order chi connectivity index (χ1) is 16.2. The molecule has 1 aliphatic heterocycles. The molecule has 1 amide bonds. The highest BCUT2D eigenvalue weighted by Crippen LogP contribution is 2.16. The van der Waals surface area contributed by atoms with E-state index in [0.29, 0.717) is 42.4 Å². The molecule has 0 unspecified atom stereocenters. The van der Waals surface area contributed by atoms with Crippen LogP contribution in [0.2, 0.25) is 0 Å². The molecule has 0 fully saturated rings. The van der Waals surface area contributed by atoms with Gasteiger partial charge in [-0.1, -0.05) is 71.9 Å². The molecule has 166 valence electrons. The van der Waals surface area contributed by atoms with Crippen LogP contribution in [0, 0.1) is 0 Å². The molecule has 0 saturated carbocycles. The lowest BCUT2D eigenvalue weighted by Gasteiger charge is -2.19. The predicted octanol–water partition coefficient (Wildman–Crippen LogP) is 4.74. The fraction of sp³-hybridized carbons (Fsp3) is 0.111. The molecule has 4 rings (SSSR count). The maximum absolute atomic E-state index is 12.9. The van der Waals surface area contributed by atoms with Crippen LogP contribution < -0.4 is 10.1 Å². The molecule has 2 N–H and O–H groups in total. The summed E-state index contributed by atoms with van der Waals surface area (Å²) in [5, 5.41) is 15.7. The van der Waals surface area contributed by atoms with Gasteiger partial charge in [-0.3, -0.25) is 4.79 Å². The van der Waals surface area contributed by atoms with Crippen LogP contribution in [0.5, 0.6) is 5.75 Å². The van der Waals surface area contributed by atoms with E-state index in [0.717, 1.165) is 11.1 Å². The van der Waals surface area contributed by atoms with Crippen LogP contribution in [-0.2, 0) is 13.2 Å². The highest BCUT2D eigenvalue weighted by molar-refractivity contribution is 6.11. The Balaban J connectivity index is 1.43. The first kappa shape index (κ1) is 21.9. The van der Waals surface area contributed by atoms with Crippen molar-refractivity contribution in [1.82, 2.24) is 10.2 Å². The minimum absolute atomic E-state index is 0.293. The van der Waals surface area contributed by atoms with Crippen molar-refractivity contribution in [1.29, 1.82) is 0 Å². The number of nitrogens with zero attached hydrogens (tertiary/aromatic N) is 2. The van der Waals surface area contributed by atoms with Gasteiger partial charge in [0.1, 0.15) is 18.1 Å². The Bertz CT molecular complexity index is 1150. The Labute approximate surface area is 193 Å². The molecule has 1 aliphatic rings. The smallest absolute Gasteiger partial charge is 0.255 e. The number of amides is 1. The van der Waals surface area contributed by atoms with Gasteiger partial charge < -0.3 is 20.2 Å². The summed E-state index contributed by atoms with van der Waals surface area (Å²) in [7, 11) is 0. The highest BCUT2D eigenvalue weighted by atomic mass is 16.5. The van der Waals surface area contributed by atoms with Crippen LogP contribution in [0.4, 0.5) is 0 Å². The van der Waals surface area contributed by atoms with E-state index in [1.54, 1.807) is 36.5 Å². The van der Waals surface area contributed by atoms with E-state index in [4.69, 9.17) is 4.74 Å². The van der Waals surface area contributed by atoms with Crippen LogP contribution in [0.25, 0.3) is 0 Å². The molecule has 6 nitrogen and oxygen atoms in total. The highest BCUT2D eigenvalue weighted by Gasteiger charge is 2.16. The Morgan fingerprint density at radius 2 is 1.61 bits per heavy atom. The van der Waals surface area contributed by atoms with E-state index < -0.39 is 0 Å². The zero-order valence-electron chi connectivity index (χ0n) is 18.1. The van der Waals surface area contributed by atoms with E-state index in [-0.39, 0.29) is 5.91 Å². The fourth-order valence-corrected chi connectivity index (χ4v) is 3.44. The first-order valence-corrected chi connectivity index (χ1v) is 10.7. The molecule has 0 bridgehead atoms. The number of carbonyl (C=O) groups is 1. The number of hydrogen-bond donors (Lipinski definition) is 2. The van der Waals surface area contributed by atoms with Crippen molar-refractivity contribution in [3.05, 3.63) is 126 Å². The summed E-state index contributed by atoms with van der Waals surface area (Å²) in [5.74, 6) is 0.380. The number of nitrogens with one attached hydrogen (secondary N) is 1.